The first-order chi connectivity index (χ1) is 13.3. The first-order valence-corrected chi connectivity index (χ1v) is 11.5. The molecule has 0 N–H and O–H groups in total. The minimum Gasteiger partial charge on any atom is -0.302 e. The molecule has 0 radical (unpaired) electrons. The van der Waals surface area contributed by atoms with Crippen LogP contribution in [0.3, 0.4) is 0 Å². The van der Waals surface area contributed by atoms with Crippen LogP contribution in [0.15, 0.2) is 24.4 Å². The summed E-state index contributed by atoms with van der Waals surface area (Å²) >= 11 is 0. The van der Waals surface area contributed by atoms with Crippen molar-refractivity contribution >= 4 is 5.65 Å². The molecule has 2 aliphatic carbocycles. The second-order valence-electron chi connectivity index (χ2n) is 9.55. The number of fused-ring (bicyclic) bond motifs is 3. The first kappa shape index (κ1) is 17.7. The maximum absolute atomic E-state index is 5.07. The molecule has 2 aromatic heterocycles. The maximum Gasteiger partial charge on any atom is 0.137 e. The highest BCUT2D eigenvalue weighted by Gasteiger charge is 2.31. The zero-order valence-corrected chi connectivity index (χ0v) is 16.8. The van der Waals surface area contributed by atoms with E-state index in [1.54, 1.807) is 0 Å². The lowest BCUT2D eigenvalue weighted by atomic mass is 9.67. The van der Waals surface area contributed by atoms with Gasteiger partial charge < -0.3 is 4.40 Å². The van der Waals surface area contributed by atoms with Crippen molar-refractivity contribution in [3.63, 3.8) is 0 Å². The minimum atomic E-state index is 0.946. The van der Waals surface area contributed by atoms with Crippen LogP contribution in [0, 0.1) is 17.8 Å². The zero-order valence-electron chi connectivity index (χ0n) is 16.8. The van der Waals surface area contributed by atoms with E-state index in [-0.39, 0.29) is 0 Å². The van der Waals surface area contributed by atoms with Gasteiger partial charge in [0.1, 0.15) is 5.65 Å². The van der Waals surface area contributed by atoms with Gasteiger partial charge in [-0.05, 0) is 87.9 Å². The Morgan fingerprint density at radius 2 is 1.74 bits per heavy atom. The average Bonchev–Trinajstić information content (AvgIpc) is 3.05. The highest BCUT2D eigenvalue weighted by atomic mass is 15.2. The fourth-order valence-corrected chi connectivity index (χ4v) is 6.24. The van der Waals surface area contributed by atoms with Crippen LogP contribution >= 0.6 is 0 Å². The van der Waals surface area contributed by atoms with Gasteiger partial charge in [0.15, 0.2) is 0 Å². The van der Waals surface area contributed by atoms with Crippen LogP contribution in [0.4, 0.5) is 0 Å². The van der Waals surface area contributed by atoms with Crippen LogP contribution < -0.4 is 0 Å². The summed E-state index contributed by atoms with van der Waals surface area (Å²) in [6, 6.07) is 6.45. The van der Waals surface area contributed by atoms with Crippen molar-refractivity contribution in [1.29, 1.82) is 0 Å². The molecule has 3 heterocycles. The van der Waals surface area contributed by atoms with E-state index in [2.05, 4.69) is 33.7 Å². The quantitative estimate of drug-likeness (QED) is 0.700. The van der Waals surface area contributed by atoms with Crippen molar-refractivity contribution in [1.82, 2.24) is 14.3 Å². The van der Waals surface area contributed by atoms with E-state index in [0.29, 0.717) is 0 Å². The van der Waals surface area contributed by atoms with Crippen LogP contribution in [-0.2, 0) is 13.0 Å². The zero-order chi connectivity index (χ0) is 18.1. The fraction of sp³-hybridized carbons (Fsp3) is 0.708. The lowest BCUT2D eigenvalue weighted by molar-refractivity contribution is 0.132. The monoisotopic (exact) mass is 365 g/mol. The molecular formula is C24H35N3. The molecule has 3 aliphatic rings. The predicted molar refractivity (Wildman–Crippen MR) is 111 cm³/mol. The second kappa shape index (κ2) is 7.95. The van der Waals surface area contributed by atoms with E-state index >= 15 is 0 Å². The summed E-state index contributed by atoms with van der Waals surface area (Å²) in [5, 5.41) is 0. The number of hydrogen-bond acceptors (Lipinski definition) is 2. The SMILES string of the molecule is c1ccn2c(CN3CCCCC3)c(CCC3CC4CCCC(C4)C3)nc2c1. The number of likely N-dealkylation sites (tertiary alicyclic amines) is 1. The van der Waals surface area contributed by atoms with E-state index in [1.807, 2.05) is 0 Å². The minimum absolute atomic E-state index is 0.946. The molecule has 1 aliphatic heterocycles. The number of rotatable bonds is 5. The van der Waals surface area contributed by atoms with Gasteiger partial charge in [-0.15, -0.1) is 0 Å². The predicted octanol–water partition coefficient (Wildman–Crippen LogP) is 5.47. The molecule has 3 nitrogen and oxygen atoms in total. The molecule has 2 saturated carbocycles. The van der Waals surface area contributed by atoms with E-state index in [9.17, 15) is 0 Å². The Bertz CT molecular complexity index is 746. The molecule has 146 valence electrons. The normalized spacial score (nSPS) is 29.3. The molecule has 2 aromatic rings. The second-order valence-corrected chi connectivity index (χ2v) is 9.55. The van der Waals surface area contributed by atoms with Crippen LogP contribution in [0.2, 0.25) is 0 Å². The van der Waals surface area contributed by atoms with Gasteiger partial charge in [-0.1, -0.05) is 31.7 Å². The summed E-state index contributed by atoms with van der Waals surface area (Å²) in [6.07, 6.45) is 17.9. The number of aryl methyl sites for hydroxylation is 1. The first-order valence-electron chi connectivity index (χ1n) is 11.5. The van der Waals surface area contributed by atoms with Gasteiger partial charge in [-0.3, -0.25) is 4.90 Å². The van der Waals surface area contributed by atoms with Crippen LogP contribution in [0.25, 0.3) is 5.65 Å². The van der Waals surface area contributed by atoms with Gasteiger partial charge in [-0.2, -0.15) is 0 Å². The molecule has 0 spiro atoms. The molecule has 1 saturated heterocycles. The Labute approximate surface area is 164 Å². The van der Waals surface area contributed by atoms with Crippen LogP contribution in [0.5, 0.6) is 0 Å². The van der Waals surface area contributed by atoms with E-state index in [4.69, 9.17) is 4.98 Å². The maximum atomic E-state index is 5.07. The number of hydrogen-bond donors (Lipinski definition) is 0. The lowest BCUT2D eigenvalue weighted by Gasteiger charge is -2.39. The molecule has 0 amide bonds. The van der Waals surface area contributed by atoms with Crippen molar-refractivity contribution < 1.29 is 0 Å². The highest BCUT2D eigenvalue weighted by molar-refractivity contribution is 5.43. The number of nitrogens with zero attached hydrogens (tertiary/aromatic N) is 3. The summed E-state index contributed by atoms with van der Waals surface area (Å²) in [5.41, 5.74) is 3.98. The number of aromatic nitrogens is 2. The van der Waals surface area contributed by atoms with Crippen molar-refractivity contribution in [2.45, 2.75) is 77.2 Å². The molecule has 3 fully saturated rings. The summed E-state index contributed by atoms with van der Waals surface area (Å²) in [6.45, 7) is 3.59. The topological polar surface area (TPSA) is 20.5 Å². The smallest absolute Gasteiger partial charge is 0.137 e. The third-order valence-corrected chi connectivity index (χ3v) is 7.55. The molecule has 2 atom stereocenters. The van der Waals surface area contributed by atoms with Crippen molar-refractivity contribution in [2.75, 3.05) is 13.1 Å². The lowest BCUT2D eigenvalue weighted by Crippen LogP contribution is -2.30. The highest BCUT2D eigenvalue weighted by Crippen LogP contribution is 2.43. The summed E-state index contributed by atoms with van der Waals surface area (Å²) < 4.78 is 2.36. The molecule has 27 heavy (non-hydrogen) atoms. The van der Waals surface area contributed by atoms with Gasteiger partial charge in [0, 0.05) is 12.7 Å². The third kappa shape index (κ3) is 3.94. The molecule has 2 bridgehead atoms. The van der Waals surface area contributed by atoms with Gasteiger partial charge in [-0.25, -0.2) is 4.98 Å². The van der Waals surface area contributed by atoms with Gasteiger partial charge in [0.25, 0.3) is 0 Å². The molecule has 2 unspecified atom stereocenters. The van der Waals surface area contributed by atoms with Crippen molar-refractivity contribution in [3.8, 4) is 0 Å². The van der Waals surface area contributed by atoms with E-state index in [1.165, 1.54) is 95.1 Å². The van der Waals surface area contributed by atoms with Gasteiger partial charge >= 0.3 is 0 Å². The molecule has 0 aromatic carbocycles. The average molecular weight is 366 g/mol. The molecule has 5 rings (SSSR count). The third-order valence-electron chi connectivity index (χ3n) is 7.55. The molecular weight excluding hydrogens is 330 g/mol. The number of imidazole rings is 1. The number of pyridine rings is 1. The Balaban J connectivity index is 1.32. The van der Waals surface area contributed by atoms with E-state index in [0.717, 1.165) is 29.9 Å². The summed E-state index contributed by atoms with van der Waals surface area (Å²) in [5.74, 6) is 3.02. The van der Waals surface area contributed by atoms with Crippen LogP contribution in [-0.4, -0.2) is 27.4 Å². The summed E-state index contributed by atoms with van der Waals surface area (Å²) in [7, 11) is 0. The molecule has 3 heteroatoms. The van der Waals surface area contributed by atoms with Crippen molar-refractivity contribution in [2.24, 2.45) is 17.8 Å². The number of piperidine rings is 1. The Morgan fingerprint density at radius 1 is 0.926 bits per heavy atom. The largest absolute Gasteiger partial charge is 0.302 e. The van der Waals surface area contributed by atoms with Gasteiger partial charge in [0.2, 0.25) is 0 Å². The van der Waals surface area contributed by atoms with Crippen molar-refractivity contribution in [3.05, 3.63) is 35.8 Å². The summed E-state index contributed by atoms with van der Waals surface area (Å²) in [4.78, 5) is 7.72. The van der Waals surface area contributed by atoms with Gasteiger partial charge in [0.05, 0.1) is 11.4 Å². The Kier molecular flexibility index (Phi) is 5.22. The van der Waals surface area contributed by atoms with E-state index < -0.39 is 0 Å². The van der Waals surface area contributed by atoms with Crippen LogP contribution in [0.1, 0.15) is 75.6 Å². The Morgan fingerprint density at radius 3 is 2.56 bits per heavy atom. The standard InChI is InChI=1S/C24H35N3/c1-3-12-26(13-4-1)18-23-22(25-24-9-2-5-14-27(23)24)11-10-21-16-19-7-6-8-20(15-19)17-21/h2,5,9,14,19-21H,1,3-4,6-8,10-13,15-18H2. The Hall–Kier alpha value is -1.35. The fourth-order valence-electron chi connectivity index (χ4n) is 6.24.